The molecule has 0 saturated carbocycles. The number of nitrogens with zero attached hydrogens (tertiary/aromatic N) is 5. The molecule has 0 aliphatic carbocycles. The van der Waals surface area contributed by atoms with Gasteiger partial charge < -0.3 is 9.80 Å². The number of benzene rings is 4. The van der Waals surface area contributed by atoms with Crippen LogP contribution >= 0.6 is 0 Å². The molecule has 8 heteroatoms. The molecule has 1 fully saturated rings. The van der Waals surface area contributed by atoms with Crippen LogP contribution in [0, 0.1) is 17.7 Å². The molecule has 0 atom stereocenters. The van der Waals surface area contributed by atoms with Crippen LogP contribution in [0.15, 0.2) is 110 Å². The highest BCUT2D eigenvalue weighted by molar-refractivity contribution is 6.08. The number of anilines is 1. The molecule has 5 aromatic rings. The van der Waals surface area contributed by atoms with Gasteiger partial charge >= 0.3 is 0 Å². The van der Waals surface area contributed by atoms with Crippen molar-refractivity contribution in [3.8, 4) is 17.5 Å². The van der Waals surface area contributed by atoms with Crippen LogP contribution in [-0.2, 0) is 5.41 Å². The van der Waals surface area contributed by atoms with Crippen molar-refractivity contribution in [1.82, 2.24) is 19.7 Å². The molecule has 1 spiro atoms. The van der Waals surface area contributed by atoms with E-state index in [0.29, 0.717) is 43.6 Å². The molecule has 44 heavy (non-hydrogen) atoms. The monoisotopic (exact) mass is 581 g/mol. The first-order valence-corrected chi connectivity index (χ1v) is 14.5. The molecule has 0 unspecified atom stereocenters. The van der Waals surface area contributed by atoms with E-state index < -0.39 is 5.41 Å². The van der Waals surface area contributed by atoms with Crippen LogP contribution in [0.1, 0.15) is 50.2 Å². The standard InChI is InChI=1S/C36H28FN5O2/c37-30-14-17-33-32(22-30)36(18-20-40(21-19-36)34(43)28-12-15-31(16-13-28)41-24-38-39-25-41)23-42(33)35(44)29-10-8-27(9-11-29)7-6-26-4-2-1-3-5-26/h1-5,8-17,22,24-25H,18-21,23H2. The number of carbonyl (C=O) groups is 2. The van der Waals surface area contributed by atoms with Crippen molar-refractivity contribution in [2.24, 2.45) is 0 Å². The fourth-order valence-corrected chi connectivity index (χ4v) is 6.20. The topological polar surface area (TPSA) is 71.3 Å². The highest BCUT2D eigenvalue weighted by atomic mass is 19.1. The molecule has 2 amide bonds. The molecule has 1 aromatic heterocycles. The van der Waals surface area contributed by atoms with Crippen LogP contribution in [0.25, 0.3) is 5.69 Å². The lowest BCUT2D eigenvalue weighted by Crippen LogP contribution is -2.47. The van der Waals surface area contributed by atoms with E-state index in [1.165, 1.54) is 6.07 Å². The first-order valence-electron chi connectivity index (χ1n) is 14.5. The Balaban J connectivity index is 1.07. The molecule has 1 saturated heterocycles. The molecule has 7 rings (SSSR count). The molecule has 0 radical (unpaired) electrons. The van der Waals surface area contributed by atoms with Gasteiger partial charge in [-0.1, -0.05) is 30.0 Å². The highest BCUT2D eigenvalue weighted by Gasteiger charge is 2.47. The van der Waals surface area contributed by atoms with Gasteiger partial charge in [0.2, 0.25) is 0 Å². The van der Waals surface area contributed by atoms with Gasteiger partial charge in [0.15, 0.2) is 0 Å². The van der Waals surface area contributed by atoms with Gasteiger partial charge in [-0.15, -0.1) is 10.2 Å². The number of halogens is 1. The minimum absolute atomic E-state index is 0.0454. The Bertz CT molecular complexity index is 1880. The van der Waals surface area contributed by atoms with Crippen molar-refractivity contribution in [3.63, 3.8) is 0 Å². The predicted molar refractivity (Wildman–Crippen MR) is 165 cm³/mol. The number of likely N-dealkylation sites (tertiary alicyclic amines) is 1. The fraction of sp³-hybridized carbons (Fsp3) is 0.167. The summed E-state index contributed by atoms with van der Waals surface area (Å²) in [5.74, 6) is 5.77. The lowest BCUT2D eigenvalue weighted by atomic mass is 9.74. The molecule has 3 heterocycles. The van der Waals surface area contributed by atoms with Gasteiger partial charge in [-0.2, -0.15) is 0 Å². The van der Waals surface area contributed by atoms with Gasteiger partial charge in [-0.25, -0.2) is 4.39 Å². The number of aromatic nitrogens is 3. The maximum absolute atomic E-state index is 14.6. The third kappa shape index (κ3) is 5.13. The molecule has 2 aliphatic rings. The van der Waals surface area contributed by atoms with E-state index in [1.54, 1.807) is 58.5 Å². The third-order valence-electron chi connectivity index (χ3n) is 8.62. The van der Waals surface area contributed by atoms with E-state index in [-0.39, 0.29) is 17.6 Å². The maximum atomic E-state index is 14.6. The normalized spacial score (nSPS) is 15.0. The van der Waals surface area contributed by atoms with Gasteiger partial charge in [0.25, 0.3) is 11.8 Å². The maximum Gasteiger partial charge on any atom is 0.258 e. The summed E-state index contributed by atoms with van der Waals surface area (Å²) in [7, 11) is 0. The Morgan fingerprint density at radius 1 is 0.727 bits per heavy atom. The van der Waals surface area contributed by atoms with Gasteiger partial charge in [0, 0.05) is 58.7 Å². The summed E-state index contributed by atoms with van der Waals surface area (Å²) in [5, 5.41) is 7.65. The number of fused-ring (bicyclic) bond motifs is 2. The largest absolute Gasteiger partial charge is 0.339 e. The smallest absolute Gasteiger partial charge is 0.258 e. The average molecular weight is 582 g/mol. The van der Waals surface area contributed by atoms with Crippen LogP contribution in [0.3, 0.4) is 0 Å². The van der Waals surface area contributed by atoms with Crippen molar-refractivity contribution >= 4 is 17.5 Å². The number of rotatable bonds is 3. The molecular formula is C36H28FN5O2. The second-order valence-electron chi connectivity index (χ2n) is 11.2. The zero-order chi connectivity index (χ0) is 30.1. The number of hydrogen-bond acceptors (Lipinski definition) is 4. The zero-order valence-electron chi connectivity index (χ0n) is 23.9. The van der Waals surface area contributed by atoms with Gasteiger partial charge in [0.05, 0.1) is 0 Å². The summed E-state index contributed by atoms with van der Waals surface area (Å²) in [6, 6.07) is 29.0. The van der Waals surface area contributed by atoms with E-state index in [9.17, 15) is 14.0 Å². The van der Waals surface area contributed by atoms with Crippen molar-refractivity contribution in [3.05, 3.63) is 143 Å². The minimum atomic E-state index is -0.427. The van der Waals surface area contributed by atoms with E-state index in [0.717, 1.165) is 28.1 Å². The van der Waals surface area contributed by atoms with E-state index in [1.807, 2.05) is 59.5 Å². The summed E-state index contributed by atoms with van der Waals surface area (Å²) < 4.78 is 16.3. The lowest BCUT2D eigenvalue weighted by molar-refractivity contribution is 0.0670. The van der Waals surface area contributed by atoms with E-state index >= 15 is 0 Å². The number of hydrogen-bond donors (Lipinski definition) is 0. The lowest BCUT2D eigenvalue weighted by Gasteiger charge is -2.40. The van der Waals surface area contributed by atoms with Gasteiger partial charge in [0.1, 0.15) is 18.5 Å². The Labute approximate surface area is 254 Å². The Hall–Kier alpha value is -5.55. The summed E-state index contributed by atoms with van der Waals surface area (Å²) in [6.07, 6.45) is 4.47. The second kappa shape index (κ2) is 11.3. The third-order valence-corrected chi connectivity index (χ3v) is 8.62. The van der Waals surface area contributed by atoms with Crippen LogP contribution < -0.4 is 4.90 Å². The second-order valence-corrected chi connectivity index (χ2v) is 11.2. The Morgan fingerprint density at radius 2 is 1.34 bits per heavy atom. The van der Waals surface area contributed by atoms with Gasteiger partial charge in [-0.3, -0.25) is 14.2 Å². The summed E-state index contributed by atoms with van der Waals surface area (Å²) in [6.45, 7) is 1.47. The fourth-order valence-electron chi connectivity index (χ4n) is 6.20. The first-order chi connectivity index (χ1) is 21.5. The van der Waals surface area contributed by atoms with Crippen LogP contribution in [0.4, 0.5) is 10.1 Å². The van der Waals surface area contributed by atoms with Crippen molar-refractivity contribution in [2.45, 2.75) is 18.3 Å². The van der Waals surface area contributed by atoms with E-state index in [4.69, 9.17) is 0 Å². The molecular weight excluding hydrogens is 553 g/mol. The average Bonchev–Trinajstić information content (AvgIpc) is 3.72. The summed E-state index contributed by atoms with van der Waals surface area (Å²) >= 11 is 0. The van der Waals surface area contributed by atoms with Crippen molar-refractivity contribution in [2.75, 3.05) is 24.5 Å². The Kier molecular flexibility index (Phi) is 6.99. The molecule has 216 valence electrons. The number of carbonyl (C=O) groups excluding carboxylic acids is 2. The molecule has 7 nitrogen and oxygen atoms in total. The SMILES string of the molecule is O=C(c1ccc(-n2cnnc2)cc1)N1CCC2(CC1)CN(C(=O)c1ccc(C#Cc3ccccc3)cc1)c1ccc(F)cc12. The summed E-state index contributed by atoms with van der Waals surface area (Å²) in [5.41, 5.74) is 4.89. The zero-order valence-corrected chi connectivity index (χ0v) is 23.9. The number of piperidine rings is 1. The van der Waals surface area contributed by atoms with Crippen LogP contribution in [-0.4, -0.2) is 51.1 Å². The quantitative estimate of drug-likeness (QED) is 0.259. The van der Waals surface area contributed by atoms with Crippen LogP contribution in [0.5, 0.6) is 0 Å². The van der Waals surface area contributed by atoms with Crippen molar-refractivity contribution < 1.29 is 14.0 Å². The summed E-state index contributed by atoms with van der Waals surface area (Å²) in [4.78, 5) is 30.8. The van der Waals surface area contributed by atoms with Crippen molar-refractivity contribution in [1.29, 1.82) is 0 Å². The van der Waals surface area contributed by atoms with Gasteiger partial charge in [-0.05, 0) is 97.3 Å². The first kappa shape index (κ1) is 27.3. The molecule has 0 N–H and O–H groups in total. The Morgan fingerprint density at radius 3 is 2.02 bits per heavy atom. The molecule has 2 aliphatic heterocycles. The molecule has 4 aromatic carbocycles. The minimum Gasteiger partial charge on any atom is -0.339 e. The predicted octanol–water partition coefficient (Wildman–Crippen LogP) is 5.64. The highest BCUT2D eigenvalue weighted by Crippen LogP contribution is 2.48. The number of amides is 2. The van der Waals surface area contributed by atoms with E-state index in [2.05, 4.69) is 22.0 Å². The molecule has 0 bridgehead atoms. The van der Waals surface area contributed by atoms with Crippen LogP contribution in [0.2, 0.25) is 0 Å².